The number of hydrogen-bond acceptors (Lipinski definition) is 3. The van der Waals surface area contributed by atoms with E-state index in [1.807, 2.05) is 34.0 Å². The first-order valence-corrected chi connectivity index (χ1v) is 7.59. The van der Waals surface area contributed by atoms with Gasteiger partial charge in [0.2, 0.25) is 5.91 Å². The third-order valence-corrected chi connectivity index (χ3v) is 4.24. The smallest absolute Gasteiger partial charge is 0.224 e. The van der Waals surface area contributed by atoms with Gasteiger partial charge >= 0.3 is 0 Å². The van der Waals surface area contributed by atoms with Crippen molar-refractivity contribution < 1.29 is 4.79 Å². The molecule has 0 spiro atoms. The maximum Gasteiger partial charge on any atom is 0.224 e. The van der Waals surface area contributed by atoms with Crippen molar-refractivity contribution in [3.8, 4) is 0 Å². The Labute approximate surface area is 129 Å². The van der Waals surface area contributed by atoms with Crippen LogP contribution in [-0.2, 0) is 11.3 Å². The van der Waals surface area contributed by atoms with E-state index in [4.69, 9.17) is 11.6 Å². The zero-order valence-electron chi connectivity index (χ0n) is 12.1. The standard InChI is InChI=1S/C15H19ClN4O/c1-18-6-8-19(9-7-18)15(21)4-5-20-14-10-13(16)3-2-12(14)11-17-20/h2-3,10-11H,4-9H2,1H3. The molecule has 1 fully saturated rings. The number of hydrogen-bond donors (Lipinski definition) is 0. The third kappa shape index (κ3) is 3.19. The molecule has 1 aromatic heterocycles. The monoisotopic (exact) mass is 306 g/mol. The topological polar surface area (TPSA) is 41.4 Å². The molecule has 0 bridgehead atoms. The van der Waals surface area contributed by atoms with Crippen molar-refractivity contribution in [2.24, 2.45) is 0 Å². The fourth-order valence-corrected chi connectivity index (χ4v) is 2.80. The van der Waals surface area contributed by atoms with Crippen LogP contribution in [0.15, 0.2) is 24.4 Å². The number of fused-ring (bicyclic) bond motifs is 1. The van der Waals surface area contributed by atoms with Crippen LogP contribution in [-0.4, -0.2) is 58.7 Å². The highest BCUT2D eigenvalue weighted by molar-refractivity contribution is 6.31. The molecule has 2 heterocycles. The Balaban J connectivity index is 1.63. The van der Waals surface area contributed by atoms with Gasteiger partial charge < -0.3 is 9.80 Å². The van der Waals surface area contributed by atoms with Gasteiger partial charge in [-0.05, 0) is 25.2 Å². The van der Waals surface area contributed by atoms with E-state index in [0.29, 0.717) is 18.0 Å². The van der Waals surface area contributed by atoms with Gasteiger partial charge in [0, 0.05) is 43.0 Å². The second kappa shape index (κ2) is 6.03. The van der Waals surface area contributed by atoms with Crippen molar-refractivity contribution >= 4 is 28.4 Å². The number of aromatic nitrogens is 2. The maximum absolute atomic E-state index is 12.2. The summed E-state index contributed by atoms with van der Waals surface area (Å²) in [5.74, 6) is 0.203. The summed E-state index contributed by atoms with van der Waals surface area (Å²) in [5, 5.41) is 6.08. The molecule has 5 nitrogen and oxygen atoms in total. The lowest BCUT2D eigenvalue weighted by molar-refractivity contribution is -0.133. The third-order valence-electron chi connectivity index (χ3n) is 4.00. The Kier molecular flexibility index (Phi) is 4.12. The molecule has 0 radical (unpaired) electrons. The Morgan fingerprint density at radius 3 is 2.81 bits per heavy atom. The van der Waals surface area contributed by atoms with Crippen LogP contribution in [0.1, 0.15) is 6.42 Å². The second-order valence-corrected chi connectivity index (χ2v) is 5.94. The summed E-state index contributed by atoms with van der Waals surface area (Å²) in [6.45, 7) is 4.13. The zero-order chi connectivity index (χ0) is 14.8. The largest absolute Gasteiger partial charge is 0.340 e. The van der Waals surface area contributed by atoms with E-state index in [1.165, 1.54) is 0 Å². The molecule has 0 saturated carbocycles. The van der Waals surface area contributed by atoms with Gasteiger partial charge in [-0.3, -0.25) is 9.48 Å². The summed E-state index contributed by atoms with van der Waals surface area (Å²) >= 11 is 6.02. The minimum Gasteiger partial charge on any atom is -0.340 e. The van der Waals surface area contributed by atoms with Gasteiger partial charge in [0.25, 0.3) is 0 Å². The normalized spacial score (nSPS) is 16.6. The van der Waals surface area contributed by atoms with Gasteiger partial charge in [0.1, 0.15) is 0 Å². The van der Waals surface area contributed by atoms with Crippen LogP contribution in [0, 0.1) is 0 Å². The minimum absolute atomic E-state index is 0.203. The summed E-state index contributed by atoms with van der Waals surface area (Å²) in [7, 11) is 2.08. The number of amides is 1. The lowest BCUT2D eigenvalue weighted by Crippen LogP contribution is -2.47. The van der Waals surface area contributed by atoms with Crippen LogP contribution in [0.3, 0.4) is 0 Å². The van der Waals surface area contributed by atoms with Crippen molar-refractivity contribution in [1.82, 2.24) is 19.6 Å². The first-order valence-electron chi connectivity index (χ1n) is 7.21. The predicted octanol–water partition coefficient (Wildman–Crippen LogP) is 1.85. The highest BCUT2D eigenvalue weighted by atomic mass is 35.5. The number of halogens is 1. The number of likely N-dealkylation sites (N-methyl/N-ethyl adjacent to an activating group) is 1. The molecule has 0 N–H and O–H groups in total. The maximum atomic E-state index is 12.2. The van der Waals surface area contributed by atoms with Gasteiger partial charge in [-0.1, -0.05) is 11.6 Å². The first kappa shape index (κ1) is 14.4. The number of carbonyl (C=O) groups is 1. The Bertz CT molecular complexity index is 646. The van der Waals surface area contributed by atoms with Crippen LogP contribution in [0.2, 0.25) is 5.02 Å². The van der Waals surface area contributed by atoms with Gasteiger partial charge in [-0.25, -0.2) is 0 Å². The first-order chi connectivity index (χ1) is 10.1. The second-order valence-electron chi connectivity index (χ2n) is 5.50. The fraction of sp³-hybridized carbons (Fsp3) is 0.467. The van der Waals surface area contributed by atoms with Crippen LogP contribution in [0.25, 0.3) is 10.9 Å². The summed E-state index contributed by atoms with van der Waals surface area (Å²) in [5.41, 5.74) is 0.980. The summed E-state index contributed by atoms with van der Waals surface area (Å²) < 4.78 is 1.86. The Morgan fingerprint density at radius 2 is 2.05 bits per heavy atom. The molecule has 6 heteroatoms. The van der Waals surface area contributed by atoms with Gasteiger partial charge in [-0.2, -0.15) is 5.10 Å². The van der Waals surface area contributed by atoms with Crippen molar-refractivity contribution in [1.29, 1.82) is 0 Å². The lowest BCUT2D eigenvalue weighted by Gasteiger charge is -2.32. The molecule has 0 atom stereocenters. The van der Waals surface area contributed by atoms with Crippen molar-refractivity contribution in [2.75, 3.05) is 33.2 Å². The summed E-state index contributed by atoms with van der Waals surface area (Å²) in [4.78, 5) is 16.4. The van der Waals surface area contributed by atoms with E-state index < -0.39 is 0 Å². The fourth-order valence-electron chi connectivity index (χ4n) is 2.64. The Hall–Kier alpha value is -1.59. The molecule has 1 aromatic carbocycles. The molecule has 0 aliphatic carbocycles. The number of nitrogens with zero attached hydrogens (tertiary/aromatic N) is 4. The lowest BCUT2D eigenvalue weighted by atomic mass is 10.2. The number of carbonyl (C=O) groups excluding carboxylic acids is 1. The quantitative estimate of drug-likeness (QED) is 0.869. The number of rotatable bonds is 3. The minimum atomic E-state index is 0.203. The van der Waals surface area contributed by atoms with E-state index in [2.05, 4.69) is 17.0 Å². The van der Waals surface area contributed by atoms with Gasteiger partial charge in [0.15, 0.2) is 0 Å². The molecule has 1 saturated heterocycles. The molecule has 0 unspecified atom stereocenters. The highest BCUT2D eigenvalue weighted by Gasteiger charge is 2.18. The zero-order valence-corrected chi connectivity index (χ0v) is 12.9. The summed E-state index contributed by atoms with van der Waals surface area (Å²) in [6, 6.07) is 5.69. The predicted molar refractivity (Wildman–Crippen MR) is 83.4 cm³/mol. The Morgan fingerprint density at radius 1 is 1.29 bits per heavy atom. The molecule has 1 aliphatic rings. The van der Waals surface area contributed by atoms with Crippen molar-refractivity contribution in [3.05, 3.63) is 29.4 Å². The van der Waals surface area contributed by atoms with E-state index in [0.717, 1.165) is 37.1 Å². The molecule has 2 aromatic rings. The van der Waals surface area contributed by atoms with Crippen LogP contribution in [0.5, 0.6) is 0 Å². The van der Waals surface area contributed by atoms with E-state index in [-0.39, 0.29) is 5.91 Å². The van der Waals surface area contributed by atoms with E-state index >= 15 is 0 Å². The molecule has 1 aliphatic heterocycles. The average Bonchev–Trinajstić information content (AvgIpc) is 2.88. The molecule has 3 rings (SSSR count). The molecular formula is C15H19ClN4O. The SMILES string of the molecule is CN1CCN(C(=O)CCn2ncc3ccc(Cl)cc32)CC1. The molecule has 112 valence electrons. The van der Waals surface area contributed by atoms with E-state index in [1.54, 1.807) is 0 Å². The van der Waals surface area contributed by atoms with Gasteiger partial charge in [0.05, 0.1) is 18.3 Å². The van der Waals surface area contributed by atoms with Crippen molar-refractivity contribution in [2.45, 2.75) is 13.0 Å². The molecule has 21 heavy (non-hydrogen) atoms. The van der Waals surface area contributed by atoms with Crippen LogP contribution in [0.4, 0.5) is 0 Å². The molecule has 1 amide bonds. The van der Waals surface area contributed by atoms with E-state index in [9.17, 15) is 4.79 Å². The molecular weight excluding hydrogens is 288 g/mol. The average molecular weight is 307 g/mol. The summed E-state index contributed by atoms with van der Waals surface area (Å²) in [6.07, 6.45) is 2.29. The number of piperazine rings is 1. The van der Waals surface area contributed by atoms with Crippen molar-refractivity contribution in [3.63, 3.8) is 0 Å². The number of benzene rings is 1. The van der Waals surface area contributed by atoms with Crippen LogP contribution >= 0.6 is 11.6 Å². The number of aryl methyl sites for hydroxylation is 1. The highest BCUT2D eigenvalue weighted by Crippen LogP contribution is 2.19. The van der Waals surface area contributed by atoms with Gasteiger partial charge in [-0.15, -0.1) is 0 Å². The van der Waals surface area contributed by atoms with Crippen LogP contribution < -0.4 is 0 Å².